The first-order valence-electron chi connectivity index (χ1n) is 9.09. The summed E-state index contributed by atoms with van der Waals surface area (Å²) in [6.45, 7) is 3.13. The topological polar surface area (TPSA) is 79.3 Å². The second-order valence-corrected chi connectivity index (χ2v) is 7.62. The zero-order valence-corrected chi connectivity index (χ0v) is 14.9. The van der Waals surface area contributed by atoms with E-state index >= 15 is 0 Å². The quantitative estimate of drug-likeness (QED) is 0.860. The minimum atomic E-state index is -0.751. The largest absolute Gasteiger partial charge is 0.486 e. The van der Waals surface area contributed by atoms with Crippen molar-refractivity contribution in [3.8, 4) is 11.5 Å². The molecule has 0 bridgehead atoms. The molecule has 7 heteroatoms. The molecule has 0 saturated carbocycles. The molecular weight excluding hydrogens is 336 g/mol. The molecule has 2 saturated heterocycles. The van der Waals surface area contributed by atoms with Gasteiger partial charge < -0.3 is 19.5 Å². The molecule has 1 spiro atoms. The fourth-order valence-electron chi connectivity index (χ4n) is 4.45. The Morgan fingerprint density at radius 3 is 2.50 bits per heavy atom. The van der Waals surface area contributed by atoms with Gasteiger partial charge in [-0.3, -0.25) is 14.5 Å². The van der Waals surface area contributed by atoms with Crippen LogP contribution >= 0.6 is 0 Å². The Hall–Kier alpha value is -2.28. The van der Waals surface area contributed by atoms with E-state index in [1.54, 1.807) is 18.2 Å². The van der Waals surface area contributed by atoms with Crippen LogP contribution in [0.2, 0.25) is 0 Å². The number of piperidine rings is 1. The lowest BCUT2D eigenvalue weighted by molar-refractivity contribution is -0.141. The van der Waals surface area contributed by atoms with Gasteiger partial charge in [-0.15, -0.1) is 0 Å². The van der Waals surface area contributed by atoms with Crippen LogP contribution in [0.1, 0.15) is 29.6 Å². The molecule has 1 unspecified atom stereocenters. The number of nitrogens with zero attached hydrogens (tertiary/aromatic N) is 2. The minimum absolute atomic E-state index is 0.00189. The molecule has 0 aromatic heterocycles. The Bertz CT molecular complexity index is 727. The fraction of sp³-hybridized carbons (Fsp3) is 0.579. The van der Waals surface area contributed by atoms with Crippen LogP contribution in [0.4, 0.5) is 0 Å². The van der Waals surface area contributed by atoms with Gasteiger partial charge in [0.25, 0.3) is 5.91 Å². The van der Waals surface area contributed by atoms with Gasteiger partial charge in [-0.2, -0.15) is 0 Å². The van der Waals surface area contributed by atoms with Crippen LogP contribution in [0, 0.1) is 5.41 Å². The molecule has 1 aromatic carbocycles. The lowest BCUT2D eigenvalue weighted by Gasteiger charge is -2.39. The summed E-state index contributed by atoms with van der Waals surface area (Å²) in [4.78, 5) is 28.0. The van der Waals surface area contributed by atoms with E-state index in [4.69, 9.17) is 9.47 Å². The second-order valence-electron chi connectivity index (χ2n) is 7.62. The molecule has 1 atom stereocenters. The molecule has 1 amide bonds. The smallest absolute Gasteiger partial charge is 0.320 e. The minimum Gasteiger partial charge on any atom is -0.486 e. The van der Waals surface area contributed by atoms with Gasteiger partial charge in [-0.1, -0.05) is 0 Å². The number of benzene rings is 1. The average Bonchev–Trinajstić information content (AvgIpc) is 2.97. The van der Waals surface area contributed by atoms with Gasteiger partial charge in [0.05, 0.1) is 0 Å². The van der Waals surface area contributed by atoms with Crippen molar-refractivity contribution in [1.29, 1.82) is 0 Å². The number of likely N-dealkylation sites (tertiary alicyclic amines) is 2. The number of amides is 1. The normalized spacial score (nSPS) is 24.7. The first-order chi connectivity index (χ1) is 12.5. The highest BCUT2D eigenvalue weighted by molar-refractivity contribution is 5.95. The first kappa shape index (κ1) is 17.1. The van der Waals surface area contributed by atoms with Gasteiger partial charge >= 0.3 is 5.97 Å². The van der Waals surface area contributed by atoms with E-state index < -0.39 is 12.0 Å². The molecule has 2 fully saturated rings. The van der Waals surface area contributed by atoms with Crippen molar-refractivity contribution in [2.45, 2.75) is 25.3 Å². The van der Waals surface area contributed by atoms with Crippen molar-refractivity contribution in [3.63, 3.8) is 0 Å². The highest BCUT2D eigenvalue weighted by atomic mass is 16.6. The summed E-state index contributed by atoms with van der Waals surface area (Å²) in [6, 6.07) is 4.92. The lowest BCUT2D eigenvalue weighted by atomic mass is 9.76. The Labute approximate surface area is 152 Å². The highest BCUT2D eigenvalue weighted by Crippen LogP contribution is 2.43. The van der Waals surface area contributed by atoms with E-state index in [9.17, 15) is 14.7 Å². The maximum absolute atomic E-state index is 12.9. The number of carboxylic acid groups (broad SMARTS) is 1. The zero-order chi connectivity index (χ0) is 18.3. The Morgan fingerprint density at radius 2 is 1.85 bits per heavy atom. The van der Waals surface area contributed by atoms with Gasteiger partial charge in [-0.25, -0.2) is 0 Å². The summed E-state index contributed by atoms with van der Waals surface area (Å²) in [5, 5.41) is 9.36. The van der Waals surface area contributed by atoms with E-state index in [1.165, 1.54) is 0 Å². The van der Waals surface area contributed by atoms with Crippen LogP contribution in [0.5, 0.6) is 11.5 Å². The Morgan fingerprint density at radius 1 is 1.15 bits per heavy atom. The third kappa shape index (κ3) is 3.00. The molecule has 26 heavy (non-hydrogen) atoms. The number of fused-ring (bicyclic) bond motifs is 1. The summed E-state index contributed by atoms with van der Waals surface area (Å²) >= 11 is 0. The molecule has 4 rings (SSSR count). The van der Waals surface area contributed by atoms with Crippen molar-refractivity contribution >= 4 is 11.9 Å². The maximum atomic E-state index is 12.9. The van der Waals surface area contributed by atoms with Crippen LogP contribution < -0.4 is 9.47 Å². The number of carboxylic acids is 1. The monoisotopic (exact) mass is 360 g/mol. The van der Waals surface area contributed by atoms with Gasteiger partial charge in [0.2, 0.25) is 0 Å². The fourth-order valence-corrected chi connectivity index (χ4v) is 4.45. The molecule has 3 aliphatic rings. The van der Waals surface area contributed by atoms with E-state index in [-0.39, 0.29) is 11.3 Å². The number of aliphatic carboxylic acids is 1. The Kier molecular flexibility index (Phi) is 4.26. The van der Waals surface area contributed by atoms with Crippen molar-refractivity contribution < 1.29 is 24.2 Å². The van der Waals surface area contributed by atoms with Crippen LogP contribution in [0.3, 0.4) is 0 Å². The van der Waals surface area contributed by atoms with Crippen LogP contribution in [-0.2, 0) is 4.79 Å². The van der Waals surface area contributed by atoms with Crippen molar-refractivity contribution in [3.05, 3.63) is 23.8 Å². The van der Waals surface area contributed by atoms with Crippen LogP contribution in [0.25, 0.3) is 0 Å². The zero-order valence-electron chi connectivity index (χ0n) is 14.9. The second kappa shape index (κ2) is 6.46. The number of hydrogen-bond donors (Lipinski definition) is 1. The molecule has 7 nitrogen and oxygen atoms in total. The number of carbonyl (C=O) groups is 2. The maximum Gasteiger partial charge on any atom is 0.320 e. The van der Waals surface area contributed by atoms with Crippen molar-refractivity contribution in [2.24, 2.45) is 5.41 Å². The van der Waals surface area contributed by atoms with Gasteiger partial charge in [0.15, 0.2) is 11.5 Å². The van der Waals surface area contributed by atoms with E-state index in [2.05, 4.69) is 0 Å². The number of likely N-dealkylation sites (N-methyl/N-ethyl adjacent to an activating group) is 1. The van der Waals surface area contributed by atoms with Crippen LogP contribution in [0.15, 0.2) is 18.2 Å². The molecule has 3 heterocycles. The molecule has 0 radical (unpaired) electrons. The molecule has 3 aliphatic heterocycles. The SMILES string of the molecule is CN1CC2(CCN(C(=O)c3ccc4c(c3)OCCO4)CC2)CC1C(=O)O. The Balaban J connectivity index is 1.42. The van der Waals surface area contributed by atoms with E-state index in [1.807, 2.05) is 16.8 Å². The summed E-state index contributed by atoms with van der Waals surface area (Å²) in [5.74, 6) is 0.550. The van der Waals surface area contributed by atoms with Crippen molar-refractivity contribution in [2.75, 3.05) is 39.9 Å². The summed E-state index contributed by atoms with van der Waals surface area (Å²) in [6.07, 6.45) is 2.36. The number of ether oxygens (including phenoxy) is 2. The highest BCUT2D eigenvalue weighted by Gasteiger charge is 2.47. The predicted octanol–water partition coefficient (Wildman–Crippen LogP) is 1.47. The van der Waals surface area contributed by atoms with E-state index in [0.717, 1.165) is 19.4 Å². The summed E-state index contributed by atoms with van der Waals surface area (Å²) in [7, 11) is 1.88. The van der Waals surface area contributed by atoms with Crippen LogP contribution in [-0.4, -0.2) is 72.7 Å². The molecule has 0 aliphatic carbocycles. The molecule has 1 N–H and O–H groups in total. The van der Waals surface area contributed by atoms with Crippen molar-refractivity contribution in [1.82, 2.24) is 9.80 Å². The number of rotatable bonds is 2. The number of carbonyl (C=O) groups excluding carboxylic acids is 1. The third-order valence-electron chi connectivity index (χ3n) is 5.93. The molecule has 140 valence electrons. The van der Waals surface area contributed by atoms with Gasteiger partial charge in [0.1, 0.15) is 19.3 Å². The van der Waals surface area contributed by atoms with E-state index in [0.29, 0.717) is 49.8 Å². The van der Waals surface area contributed by atoms with Gasteiger partial charge in [-0.05, 0) is 49.9 Å². The van der Waals surface area contributed by atoms with Gasteiger partial charge in [0, 0.05) is 25.2 Å². The number of hydrogen-bond acceptors (Lipinski definition) is 5. The third-order valence-corrected chi connectivity index (χ3v) is 5.93. The molecule has 1 aromatic rings. The lowest BCUT2D eigenvalue weighted by Crippen LogP contribution is -2.44. The molecular formula is C19H24N2O5. The average molecular weight is 360 g/mol. The first-order valence-corrected chi connectivity index (χ1v) is 9.09. The summed E-state index contributed by atoms with van der Waals surface area (Å²) < 4.78 is 11.1. The predicted molar refractivity (Wildman–Crippen MR) is 93.7 cm³/mol. The summed E-state index contributed by atoms with van der Waals surface area (Å²) in [5.41, 5.74) is 0.624. The standard InChI is InChI=1S/C19H24N2O5/c1-20-12-19(11-14(20)18(23)24)4-6-21(7-5-19)17(22)13-2-3-15-16(10-13)26-9-8-25-15/h2-3,10,14H,4-9,11-12H2,1H3,(H,23,24).